The molecule has 1 amide bonds. The number of rotatable bonds is 7. The molecule has 35 heavy (non-hydrogen) atoms. The highest BCUT2D eigenvalue weighted by Gasteiger charge is 2.62. The summed E-state index contributed by atoms with van der Waals surface area (Å²) in [5.74, 6) is 2.84. The largest absolute Gasteiger partial charge is 0.469 e. The fourth-order valence-corrected chi connectivity index (χ4v) is 9.40. The number of amides is 1. The molecule has 4 aliphatic carbocycles. The van der Waals surface area contributed by atoms with E-state index in [1.165, 1.54) is 32.8 Å². The monoisotopic (exact) mass is 491 g/mol. The van der Waals surface area contributed by atoms with Crippen LogP contribution in [0.4, 0.5) is 0 Å². The molecule has 4 rings (SSSR count). The number of carbonyl (C=O) groups is 2. The Morgan fingerprint density at radius 3 is 2.40 bits per heavy atom. The van der Waals surface area contributed by atoms with Crippen LogP contribution < -0.4 is 0 Å². The summed E-state index contributed by atoms with van der Waals surface area (Å²) in [6, 6.07) is 0. The molecule has 0 aromatic heterocycles. The number of hydrogen-bond donors (Lipinski definition) is 2. The first-order valence-electron chi connectivity index (χ1n) is 14.2. The number of carbonyl (C=O) groups excluding carboxylic acids is 2. The van der Waals surface area contributed by atoms with Gasteiger partial charge in [-0.15, -0.1) is 0 Å². The molecule has 2 N–H and O–H groups in total. The number of aliphatic hydroxyl groups is 2. The van der Waals surface area contributed by atoms with E-state index in [-0.39, 0.29) is 41.3 Å². The second kappa shape index (κ2) is 10.3. The fraction of sp³-hybridized carbons (Fsp3) is 0.931. The number of fused-ring (bicyclic) bond motifs is 5. The van der Waals surface area contributed by atoms with E-state index in [9.17, 15) is 19.8 Å². The van der Waals surface area contributed by atoms with Crippen LogP contribution in [0.15, 0.2) is 0 Å². The molecule has 0 spiro atoms. The molecule has 200 valence electrons. The van der Waals surface area contributed by atoms with E-state index in [1.807, 2.05) is 0 Å². The van der Waals surface area contributed by atoms with Gasteiger partial charge in [-0.3, -0.25) is 9.59 Å². The van der Waals surface area contributed by atoms with Crippen LogP contribution in [0, 0.1) is 46.3 Å². The molecule has 0 heterocycles. The molecule has 6 heteroatoms. The van der Waals surface area contributed by atoms with Gasteiger partial charge >= 0.3 is 5.97 Å². The Hall–Kier alpha value is -1.14. The molecule has 0 saturated heterocycles. The van der Waals surface area contributed by atoms with Crippen molar-refractivity contribution < 1.29 is 24.5 Å². The highest BCUT2D eigenvalue weighted by atomic mass is 16.5. The lowest BCUT2D eigenvalue weighted by Gasteiger charge is -2.62. The third-order valence-electron chi connectivity index (χ3n) is 11.5. The van der Waals surface area contributed by atoms with Gasteiger partial charge in [0.05, 0.1) is 25.7 Å². The van der Waals surface area contributed by atoms with Crippen LogP contribution in [-0.4, -0.2) is 59.9 Å². The van der Waals surface area contributed by atoms with Crippen LogP contribution in [0.1, 0.15) is 91.4 Å². The van der Waals surface area contributed by atoms with Crippen LogP contribution in [0.5, 0.6) is 0 Å². The molecule has 0 aliphatic heterocycles. The van der Waals surface area contributed by atoms with Gasteiger partial charge in [0, 0.05) is 20.0 Å². The first kappa shape index (κ1) is 26.9. The van der Waals surface area contributed by atoms with Gasteiger partial charge in [-0.2, -0.15) is 0 Å². The predicted molar refractivity (Wildman–Crippen MR) is 135 cm³/mol. The second-order valence-electron chi connectivity index (χ2n) is 13.1. The SMILES string of the molecule is COC(=O)CCN(C)C(=O)CC[C@@H](C)[C@H]1CCC2[C@H]3C(CC[C@@]21C)[C@@]1(C)CC[C@@H](O)C[C@H]1C[C@H]3O. The van der Waals surface area contributed by atoms with Crippen LogP contribution in [0.3, 0.4) is 0 Å². The summed E-state index contributed by atoms with van der Waals surface area (Å²) < 4.78 is 4.69. The average Bonchev–Trinajstić information content (AvgIpc) is 3.18. The maximum absolute atomic E-state index is 12.7. The summed E-state index contributed by atoms with van der Waals surface area (Å²) >= 11 is 0. The van der Waals surface area contributed by atoms with Gasteiger partial charge < -0.3 is 19.8 Å². The first-order valence-corrected chi connectivity index (χ1v) is 14.2. The Morgan fingerprint density at radius 2 is 1.69 bits per heavy atom. The minimum Gasteiger partial charge on any atom is -0.469 e. The van der Waals surface area contributed by atoms with E-state index < -0.39 is 0 Å². The van der Waals surface area contributed by atoms with E-state index in [1.54, 1.807) is 11.9 Å². The van der Waals surface area contributed by atoms with Crippen molar-refractivity contribution in [2.75, 3.05) is 20.7 Å². The van der Waals surface area contributed by atoms with E-state index in [0.29, 0.717) is 48.5 Å². The lowest BCUT2D eigenvalue weighted by atomic mass is 9.43. The molecule has 2 unspecified atom stereocenters. The van der Waals surface area contributed by atoms with Crippen molar-refractivity contribution >= 4 is 11.9 Å². The summed E-state index contributed by atoms with van der Waals surface area (Å²) in [5, 5.41) is 21.7. The smallest absolute Gasteiger partial charge is 0.307 e. The third-order valence-corrected chi connectivity index (χ3v) is 11.5. The summed E-state index contributed by atoms with van der Waals surface area (Å²) in [6.45, 7) is 7.68. The van der Waals surface area contributed by atoms with Gasteiger partial charge in [-0.05, 0) is 104 Å². The molecule has 4 fully saturated rings. The molecule has 0 aromatic carbocycles. The highest BCUT2D eigenvalue weighted by molar-refractivity contribution is 5.77. The number of aliphatic hydroxyl groups excluding tert-OH is 2. The molecule has 0 aromatic rings. The molecule has 4 aliphatic rings. The quantitative estimate of drug-likeness (QED) is 0.515. The Kier molecular flexibility index (Phi) is 7.93. The van der Waals surface area contributed by atoms with Gasteiger partial charge in [0.15, 0.2) is 0 Å². The number of nitrogens with zero attached hydrogens (tertiary/aromatic N) is 1. The van der Waals surface area contributed by atoms with Gasteiger partial charge in [0.1, 0.15) is 0 Å². The van der Waals surface area contributed by atoms with Crippen molar-refractivity contribution in [3.8, 4) is 0 Å². The number of hydrogen-bond acceptors (Lipinski definition) is 5. The summed E-state index contributed by atoms with van der Waals surface area (Å²) in [4.78, 5) is 25.7. The predicted octanol–water partition coefficient (Wildman–Crippen LogP) is 4.41. The zero-order valence-electron chi connectivity index (χ0n) is 22.7. The Bertz CT molecular complexity index is 787. The maximum atomic E-state index is 12.7. The standard InChI is InChI=1S/C29H49NO5/c1-18(6-9-25(33)30(4)15-12-26(34)35-5)21-7-8-22-27-23(11-14-29(21,22)3)28(2)13-10-20(31)16-19(28)17-24(27)32/h18-24,27,31-32H,6-17H2,1-5H3/t18-,19+,20-,21-,22?,23?,24-,27+,28+,29-/m1/s1. The van der Waals surface area contributed by atoms with E-state index in [4.69, 9.17) is 0 Å². The second-order valence-corrected chi connectivity index (χ2v) is 13.1. The summed E-state index contributed by atoms with van der Waals surface area (Å²) in [7, 11) is 3.14. The average molecular weight is 492 g/mol. The topological polar surface area (TPSA) is 87.1 Å². The minimum absolute atomic E-state index is 0.102. The highest BCUT2D eigenvalue weighted by Crippen LogP contribution is 2.68. The lowest BCUT2D eigenvalue weighted by molar-refractivity contribution is -0.174. The van der Waals surface area contributed by atoms with Gasteiger partial charge in [0.2, 0.25) is 5.91 Å². The van der Waals surface area contributed by atoms with Crippen LogP contribution in [0.2, 0.25) is 0 Å². The third kappa shape index (κ3) is 4.91. The van der Waals surface area contributed by atoms with Crippen LogP contribution >= 0.6 is 0 Å². The summed E-state index contributed by atoms with van der Waals surface area (Å²) in [6.07, 6.45) is 9.73. The minimum atomic E-state index is -0.284. The van der Waals surface area contributed by atoms with Gasteiger partial charge in [0.25, 0.3) is 0 Å². The molecular formula is C29H49NO5. The molecule has 6 nitrogen and oxygen atoms in total. The van der Waals surface area contributed by atoms with Crippen LogP contribution in [-0.2, 0) is 14.3 Å². The Morgan fingerprint density at radius 1 is 1.00 bits per heavy atom. The zero-order valence-corrected chi connectivity index (χ0v) is 22.7. The van der Waals surface area contributed by atoms with Gasteiger partial charge in [-0.25, -0.2) is 0 Å². The number of ether oxygens (including phenoxy) is 1. The molecule has 10 atom stereocenters. The molecule has 0 bridgehead atoms. The van der Waals surface area contributed by atoms with Crippen molar-refractivity contribution in [2.24, 2.45) is 46.3 Å². The normalized spacial score (nSPS) is 43.5. The lowest BCUT2D eigenvalue weighted by Crippen LogP contribution is -2.58. The summed E-state index contributed by atoms with van der Waals surface area (Å²) in [5.41, 5.74) is 0.494. The van der Waals surface area contributed by atoms with Crippen molar-refractivity contribution in [3.05, 3.63) is 0 Å². The molecule has 4 saturated carbocycles. The van der Waals surface area contributed by atoms with E-state index in [2.05, 4.69) is 25.5 Å². The van der Waals surface area contributed by atoms with Crippen molar-refractivity contribution in [3.63, 3.8) is 0 Å². The van der Waals surface area contributed by atoms with E-state index in [0.717, 1.165) is 32.1 Å². The maximum Gasteiger partial charge on any atom is 0.307 e. The van der Waals surface area contributed by atoms with Crippen LogP contribution in [0.25, 0.3) is 0 Å². The number of methoxy groups -OCH3 is 1. The molecular weight excluding hydrogens is 442 g/mol. The zero-order chi connectivity index (χ0) is 25.5. The Labute approximate surface area is 212 Å². The van der Waals surface area contributed by atoms with Crippen molar-refractivity contribution in [1.82, 2.24) is 4.90 Å². The Balaban J connectivity index is 1.39. The van der Waals surface area contributed by atoms with Gasteiger partial charge in [-0.1, -0.05) is 20.8 Å². The fourth-order valence-electron chi connectivity index (χ4n) is 9.40. The number of esters is 1. The first-order chi connectivity index (χ1) is 16.5. The van der Waals surface area contributed by atoms with Crippen molar-refractivity contribution in [2.45, 2.75) is 104 Å². The molecule has 0 radical (unpaired) electrons. The van der Waals surface area contributed by atoms with E-state index >= 15 is 0 Å². The van der Waals surface area contributed by atoms with Crippen molar-refractivity contribution in [1.29, 1.82) is 0 Å².